The molecule has 0 aliphatic rings. The van der Waals surface area contributed by atoms with Crippen molar-refractivity contribution in [3.8, 4) is 0 Å². The summed E-state index contributed by atoms with van der Waals surface area (Å²) in [7, 11) is 0. The van der Waals surface area contributed by atoms with Gasteiger partial charge in [-0.3, -0.25) is 9.59 Å². The zero-order chi connectivity index (χ0) is 22.4. The highest BCUT2D eigenvalue weighted by Crippen LogP contribution is 2.34. The molecule has 31 heavy (non-hydrogen) atoms. The largest absolute Gasteiger partial charge is 0.451 e. The number of nitrogens with zero attached hydrogens (tertiary/aromatic N) is 2. The van der Waals surface area contributed by atoms with Gasteiger partial charge in [0.2, 0.25) is 0 Å². The molecule has 0 radical (unpaired) electrons. The second-order valence-electron chi connectivity index (χ2n) is 6.37. The summed E-state index contributed by atoms with van der Waals surface area (Å²) in [6.45, 7) is -0.708. The molecule has 0 fully saturated rings. The van der Waals surface area contributed by atoms with Gasteiger partial charge >= 0.3 is 12.1 Å². The minimum atomic E-state index is -4.66. The second-order valence-corrected chi connectivity index (χ2v) is 6.37. The quantitative estimate of drug-likeness (QED) is 0.606. The highest BCUT2D eigenvalue weighted by molar-refractivity contribution is 5.95. The van der Waals surface area contributed by atoms with Crippen LogP contribution in [0.5, 0.6) is 0 Å². The van der Waals surface area contributed by atoms with Gasteiger partial charge < -0.3 is 10.1 Å². The molecule has 1 amide bonds. The molecule has 0 unspecified atom stereocenters. The van der Waals surface area contributed by atoms with Crippen LogP contribution in [0.3, 0.4) is 0 Å². The lowest BCUT2D eigenvalue weighted by Gasteiger charge is -2.13. The van der Waals surface area contributed by atoms with Gasteiger partial charge in [0.1, 0.15) is 0 Å². The number of nitrogens with one attached hydrogen (secondary N) is 1. The summed E-state index contributed by atoms with van der Waals surface area (Å²) in [6, 6.07) is 15.6. The molecule has 0 aliphatic carbocycles. The number of halogens is 3. The molecule has 3 aromatic rings. The van der Waals surface area contributed by atoms with Gasteiger partial charge in [0.15, 0.2) is 12.3 Å². The first-order valence-corrected chi connectivity index (χ1v) is 8.99. The lowest BCUT2D eigenvalue weighted by Crippen LogP contribution is -2.27. The first-order chi connectivity index (χ1) is 14.7. The van der Waals surface area contributed by atoms with E-state index in [0.717, 1.165) is 34.5 Å². The Labute approximate surface area is 174 Å². The summed E-state index contributed by atoms with van der Waals surface area (Å²) in [5.41, 5.74) is -1.36. The van der Waals surface area contributed by atoms with Crippen molar-refractivity contribution in [3.63, 3.8) is 0 Å². The van der Waals surface area contributed by atoms with E-state index >= 15 is 0 Å². The van der Waals surface area contributed by atoms with Gasteiger partial charge in [0, 0.05) is 6.07 Å². The maximum Gasteiger partial charge on any atom is 0.418 e. The Kier molecular flexibility index (Phi) is 6.49. The van der Waals surface area contributed by atoms with Gasteiger partial charge in [-0.2, -0.15) is 18.3 Å². The van der Waals surface area contributed by atoms with E-state index in [1.165, 1.54) is 12.1 Å². The fraction of sp³-hybridized carbons (Fsp3) is 0.143. The van der Waals surface area contributed by atoms with Crippen LogP contribution in [-0.2, 0) is 22.3 Å². The molecule has 2 aromatic carbocycles. The molecule has 1 N–H and O–H groups in total. The lowest BCUT2D eigenvalue weighted by molar-refractivity contribution is -0.137. The minimum Gasteiger partial charge on any atom is -0.451 e. The Morgan fingerprint density at radius 1 is 0.968 bits per heavy atom. The van der Waals surface area contributed by atoms with E-state index in [9.17, 15) is 27.6 Å². The summed E-state index contributed by atoms with van der Waals surface area (Å²) in [4.78, 5) is 36.1. The van der Waals surface area contributed by atoms with Crippen molar-refractivity contribution in [2.75, 3.05) is 11.9 Å². The number of alkyl halides is 3. The molecule has 10 heteroatoms. The molecule has 7 nitrogen and oxygen atoms in total. The highest BCUT2D eigenvalue weighted by atomic mass is 19.4. The summed E-state index contributed by atoms with van der Waals surface area (Å²) in [6.07, 6.45) is -4.66. The van der Waals surface area contributed by atoms with Crippen molar-refractivity contribution in [1.29, 1.82) is 0 Å². The van der Waals surface area contributed by atoms with Gasteiger partial charge in [-0.1, -0.05) is 42.5 Å². The van der Waals surface area contributed by atoms with Crippen molar-refractivity contribution in [1.82, 2.24) is 9.78 Å². The minimum absolute atomic E-state index is 0.121. The Bertz CT molecular complexity index is 1140. The Morgan fingerprint density at radius 3 is 2.35 bits per heavy atom. The number of benzene rings is 2. The number of rotatable bonds is 6. The molecule has 0 bridgehead atoms. The maximum atomic E-state index is 13.0. The van der Waals surface area contributed by atoms with Crippen molar-refractivity contribution < 1.29 is 27.5 Å². The predicted octanol–water partition coefficient (Wildman–Crippen LogP) is 3.11. The van der Waals surface area contributed by atoms with Crippen molar-refractivity contribution in [2.24, 2.45) is 0 Å². The third kappa shape index (κ3) is 5.78. The molecule has 0 spiro atoms. The number of para-hydroxylation sites is 1. The SMILES string of the molecule is O=C(COC(=O)c1ccc(=O)n(Cc2ccccc2)n1)Nc1ccccc1C(F)(F)F. The van der Waals surface area contributed by atoms with Gasteiger partial charge in [-0.15, -0.1) is 0 Å². The predicted molar refractivity (Wildman–Crippen MR) is 104 cm³/mol. The first-order valence-electron chi connectivity index (χ1n) is 8.99. The monoisotopic (exact) mass is 431 g/mol. The van der Waals surface area contributed by atoms with Crippen LogP contribution in [0, 0.1) is 0 Å². The van der Waals surface area contributed by atoms with Gasteiger partial charge in [-0.05, 0) is 23.8 Å². The molecule has 160 valence electrons. The van der Waals surface area contributed by atoms with Crippen LogP contribution in [0.1, 0.15) is 21.6 Å². The van der Waals surface area contributed by atoms with Crippen LogP contribution < -0.4 is 10.9 Å². The zero-order valence-corrected chi connectivity index (χ0v) is 15.9. The van der Waals surface area contributed by atoms with Crippen LogP contribution in [-0.4, -0.2) is 28.3 Å². The number of carbonyl (C=O) groups is 2. The molecule has 3 rings (SSSR count). The summed E-state index contributed by atoms with van der Waals surface area (Å²) < 4.78 is 44.8. The molecule has 0 aliphatic heterocycles. The van der Waals surface area contributed by atoms with Crippen LogP contribution in [0.15, 0.2) is 71.5 Å². The molecular formula is C21H16F3N3O4. The summed E-state index contributed by atoms with van der Waals surface area (Å²) in [5, 5.41) is 5.99. The van der Waals surface area contributed by atoms with E-state index in [1.807, 2.05) is 6.07 Å². The van der Waals surface area contributed by atoms with E-state index in [-0.39, 0.29) is 12.2 Å². The topological polar surface area (TPSA) is 90.3 Å². The van der Waals surface area contributed by atoms with E-state index < -0.39 is 41.5 Å². The number of ether oxygens (including phenoxy) is 1. The second kappa shape index (κ2) is 9.24. The lowest BCUT2D eigenvalue weighted by atomic mass is 10.1. The Hall–Kier alpha value is -3.95. The normalized spacial score (nSPS) is 11.1. The van der Waals surface area contributed by atoms with Crippen molar-refractivity contribution in [2.45, 2.75) is 12.7 Å². The Balaban J connectivity index is 1.64. The number of carbonyl (C=O) groups excluding carboxylic acids is 2. The van der Waals surface area contributed by atoms with E-state index in [4.69, 9.17) is 4.74 Å². The van der Waals surface area contributed by atoms with E-state index in [0.29, 0.717) is 0 Å². The summed E-state index contributed by atoms with van der Waals surface area (Å²) in [5.74, 6) is -1.95. The number of hydrogen-bond donors (Lipinski definition) is 1. The van der Waals surface area contributed by atoms with Crippen molar-refractivity contribution >= 4 is 17.6 Å². The van der Waals surface area contributed by atoms with Gasteiger partial charge in [0.25, 0.3) is 11.5 Å². The zero-order valence-electron chi connectivity index (χ0n) is 15.9. The molecular weight excluding hydrogens is 415 g/mol. The average molecular weight is 431 g/mol. The molecule has 1 heterocycles. The number of anilines is 1. The number of hydrogen-bond acceptors (Lipinski definition) is 5. The molecule has 1 aromatic heterocycles. The van der Waals surface area contributed by atoms with E-state index in [1.54, 1.807) is 24.3 Å². The molecule has 0 saturated carbocycles. The standard InChI is InChI=1S/C21H16F3N3O4/c22-21(23,24)15-8-4-5-9-16(15)25-18(28)13-31-20(30)17-10-11-19(29)27(26-17)12-14-6-2-1-3-7-14/h1-11H,12-13H2,(H,25,28). The maximum absolute atomic E-state index is 13.0. The van der Waals surface area contributed by atoms with Gasteiger partial charge in [0.05, 0.1) is 17.8 Å². The number of aromatic nitrogens is 2. The smallest absolute Gasteiger partial charge is 0.418 e. The average Bonchev–Trinajstić information content (AvgIpc) is 2.74. The van der Waals surface area contributed by atoms with Crippen LogP contribution in [0.2, 0.25) is 0 Å². The van der Waals surface area contributed by atoms with E-state index in [2.05, 4.69) is 10.4 Å². The van der Waals surface area contributed by atoms with Crippen LogP contribution >= 0.6 is 0 Å². The fourth-order valence-electron chi connectivity index (χ4n) is 2.66. The molecule has 0 saturated heterocycles. The molecule has 0 atom stereocenters. The van der Waals surface area contributed by atoms with Gasteiger partial charge in [-0.25, -0.2) is 9.48 Å². The van der Waals surface area contributed by atoms with Crippen molar-refractivity contribution in [3.05, 3.63) is 93.9 Å². The third-order valence-corrected chi connectivity index (χ3v) is 4.09. The van der Waals surface area contributed by atoms with Crippen LogP contribution in [0.25, 0.3) is 0 Å². The highest BCUT2D eigenvalue weighted by Gasteiger charge is 2.33. The summed E-state index contributed by atoms with van der Waals surface area (Å²) >= 11 is 0. The Morgan fingerprint density at radius 2 is 1.65 bits per heavy atom. The third-order valence-electron chi connectivity index (χ3n) is 4.09. The first kappa shape index (κ1) is 21.8. The number of esters is 1. The fourth-order valence-corrected chi connectivity index (χ4v) is 2.66. The van der Waals surface area contributed by atoms with Crippen LogP contribution in [0.4, 0.5) is 18.9 Å². The number of amides is 1.